The number of aromatic nitrogens is 1. The largest absolute Gasteiger partial charge is 0.463 e. The number of carbonyl (C=O) groups excluding carboxylic acids is 1. The van der Waals surface area contributed by atoms with Crippen LogP contribution in [0.5, 0.6) is 0 Å². The zero-order valence-corrected chi connectivity index (χ0v) is 13.3. The normalized spacial score (nSPS) is 15.4. The van der Waals surface area contributed by atoms with Crippen molar-refractivity contribution in [1.82, 2.24) is 9.99 Å². The predicted octanol–water partition coefficient (Wildman–Crippen LogP) is 3.07. The van der Waals surface area contributed by atoms with Gasteiger partial charge in [-0.1, -0.05) is 18.2 Å². The van der Waals surface area contributed by atoms with Crippen molar-refractivity contribution in [3.63, 3.8) is 0 Å². The van der Waals surface area contributed by atoms with Crippen LogP contribution < -0.4 is 5.43 Å². The molecule has 1 aliphatic heterocycles. The minimum absolute atomic E-state index is 0.264. The van der Waals surface area contributed by atoms with E-state index >= 15 is 0 Å². The number of furan rings is 1. The van der Waals surface area contributed by atoms with Crippen molar-refractivity contribution in [1.29, 1.82) is 5.26 Å². The first-order chi connectivity index (χ1) is 12.3. The standard InChI is InChI=1S/C19H14N4O2/c20-8-4-9-23-12-13(14-5-1-2-6-16(14)23)11-15-18(21-22-19(15)24)17-7-3-10-25-17/h1-3,5-7,10-12H,4,9H2,(H,22,24)/b15-11-. The van der Waals surface area contributed by atoms with Gasteiger partial charge in [0.05, 0.1) is 24.3 Å². The van der Waals surface area contributed by atoms with Gasteiger partial charge in [0.1, 0.15) is 5.71 Å². The molecule has 6 nitrogen and oxygen atoms in total. The summed E-state index contributed by atoms with van der Waals surface area (Å²) >= 11 is 0. The van der Waals surface area contributed by atoms with E-state index in [0.29, 0.717) is 30.0 Å². The molecule has 1 aromatic carbocycles. The predicted molar refractivity (Wildman–Crippen MR) is 93.5 cm³/mol. The van der Waals surface area contributed by atoms with Crippen LogP contribution in [0.2, 0.25) is 0 Å². The van der Waals surface area contributed by atoms with Gasteiger partial charge in [0.25, 0.3) is 5.91 Å². The molecule has 0 saturated heterocycles. The van der Waals surface area contributed by atoms with Gasteiger partial charge in [-0.3, -0.25) is 4.79 Å². The molecule has 3 aromatic rings. The number of fused-ring (bicyclic) bond motifs is 1. The molecule has 1 amide bonds. The Hall–Kier alpha value is -3.59. The van der Waals surface area contributed by atoms with Crippen LogP contribution in [0.25, 0.3) is 17.0 Å². The molecule has 4 rings (SSSR count). The van der Waals surface area contributed by atoms with Crippen molar-refractivity contribution in [2.45, 2.75) is 13.0 Å². The maximum atomic E-state index is 12.2. The highest BCUT2D eigenvalue weighted by molar-refractivity contribution is 6.32. The number of amides is 1. The van der Waals surface area contributed by atoms with E-state index in [-0.39, 0.29) is 5.91 Å². The monoisotopic (exact) mass is 330 g/mol. The lowest BCUT2D eigenvalue weighted by atomic mass is 10.0. The summed E-state index contributed by atoms with van der Waals surface area (Å²) in [5, 5.41) is 14.0. The van der Waals surface area contributed by atoms with Crippen LogP contribution in [0.3, 0.4) is 0 Å². The Kier molecular flexibility index (Phi) is 3.67. The first-order valence-corrected chi connectivity index (χ1v) is 7.87. The van der Waals surface area contributed by atoms with Gasteiger partial charge < -0.3 is 8.98 Å². The van der Waals surface area contributed by atoms with E-state index in [1.807, 2.05) is 41.1 Å². The average molecular weight is 330 g/mol. The minimum atomic E-state index is -0.264. The SMILES string of the molecule is N#CCCn1cc(/C=C2\C(=O)NN=C2c2ccco2)c2ccccc21. The van der Waals surface area contributed by atoms with E-state index in [2.05, 4.69) is 16.6 Å². The molecule has 3 heterocycles. The third kappa shape index (κ3) is 2.62. The van der Waals surface area contributed by atoms with E-state index in [4.69, 9.17) is 9.68 Å². The fourth-order valence-electron chi connectivity index (χ4n) is 2.97. The number of rotatable bonds is 4. The highest BCUT2D eigenvalue weighted by atomic mass is 16.3. The second-order valence-electron chi connectivity index (χ2n) is 5.64. The van der Waals surface area contributed by atoms with Crippen LogP contribution in [0, 0.1) is 11.3 Å². The van der Waals surface area contributed by atoms with Crippen LogP contribution in [-0.2, 0) is 11.3 Å². The molecule has 0 atom stereocenters. The molecular weight excluding hydrogens is 316 g/mol. The van der Waals surface area contributed by atoms with Crippen molar-refractivity contribution in [3.8, 4) is 6.07 Å². The second kappa shape index (κ2) is 6.13. The van der Waals surface area contributed by atoms with Crippen molar-refractivity contribution in [2.75, 3.05) is 0 Å². The van der Waals surface area contributed by atoms with Crippen LogP contribution in [0.4, 0.5) is 0 Å². The summed E-state index contributed by atoms with van der Waals surface area (Å²) in [5.74, 6) is 0.276. The minimum Gasteiger partial charge on any atom is -0.463 e. The molecule has 0 saturated carbocycles. The lowest BCUT2D eigenvalue weighted by Gasteiger charge is -2.00. The van der Waals surface area contributed by atoms with E-state index in [1.54, 1.807) is 18.4 Å². The van der Waals surface area contributed by atoms with Gasteiger partial charge in [-0.15, -0.1) is 0 Å². The molecule has 25 heavy (non-hydrogen) atoms. The van der Waals surface area contributed by atoms with Gasteiger partial charge in [0.2, 0.25) is 0 Å². The number of hydrazone groups is 1. The molecule has 0 bridgehead atoms. The second-order valence-corrected chi connectivity index (χ2v) is 5.64. The van der Waals surface area contributed by atoms with E-state index in [1.165, 1.54) is 0 Å². The molecular formula is C19H14N4O2. The molecule has 2 aromatic heterocycles. The van der Waals surface area contributed by atoms with E-state index < -0.39 is 0 Å². The quantitative estimate of drug-likeness (QED) is 0.746. The molecule has 1 N–H and O–H groups in total. The molecule has 6 heteroatoms. The van der Waals surface area contributed by atoms with Crippen LogP contribution in [-0.4, -0.2) is 16.2 Å². The Morgan fingerprint density at radius 3 is 2.96 bits per heavy atom. The molecule has 122 valence electrons. The summed E-state index contributed by atoms with van der Waals surface area (Å²) in [4.78, 5) is 12.2. The maximum absolute atomic E-state index is 12.2. The third-order valence-corrected chi connectivity index (χ3v) is 4.11. The van der Waals surface area contributed by atoms with Gasteiger partial charge in [-0.2, -0.15) is 10.4 Å². The molecule has 1 aliphatic rings. The van der Waals surface area contributed by atoms with Crippen molar-refractivity contribution in [3.05, 3.63) is 65.8 Å². The fraction of sp³-hybridized carbons (Fsp3) is 0.105. The van der Waals surface area contributed by atoms with Crippen LogP contribution >= 0.6 is 0 Å². The summed E-state index contributed by atoms with van der Waals surface area (Å²) in [7, 11) is 0. The van der Waals surface area contributed by atoms with Crippen molar-refractivity contribution in [2.24, 2.45) is 5.10 Å². The number of nitriles is 1. The third-order valence-electron chi connectivity index (χ3n) is 4.11. The Labute approximate surface area is 143 Å². The topological polar surface area (TPSA) is 83.3 Å². The highest BCUT2D eigenvalue weighted by Crippen LogP contribution is 2.26. The average Bonchev–Trinajstić information content (AvgIpc) is 3.35. The zero-order valence-electron chi connectivity index (χ0n) is 13.3. The number of nitrogens with zero attached hydrogens (tertiary/aromatic N) is 3. The van der Waals surface area contributed by atoms with Gasteiger partial charge in [0, 0.05) is 29.2 Å². The molecule has 0 spiro atoms. The van der Waals surface area contributed by atoms with Crippen LogP contribution in [0.1, 0.15) is 17.7 Å². The number of nitrogens with one attached hydrogen (secondary N) is 1. The van der Waals surface area contributed by atoms with Crippen LogP contribution in [0.15, 0.2) is 63.9 Å². The molecule has 0 aliphatic carbocycles. The number of para-hydroxylation sites is 1. The molecule has 0 fully saturated rings. The Balaban J connectivity index is 1.82. The number of benzene rings is 1. The summed E-state index contributed by atoms with van der Waals surface area (Å²) < 4.78 is 7.40. The first kappa shape index (κ1) is 15.0. The number of hydrogen-bond donors (Lipinski definition) is 1. The van der Waals surface area contributed by atoms with E-state index in [0.717, 1.165) is 16.5 Å². The smallest absolute Gasteiger partial charge is 0.273 e. The Morgan fingerprint density at radius 1 is 1.28 bits per heavy atom. The van der Waals surface area contributed by atoms with Gasteiger partial charge >= 0.3 is 0 Å². The van der Waals surface area contributed by atoms with E-state index in [9.17, 15) is 4.79 Å². The molecule has 0 unspecified atom stereocenters. The summed E-state index contributed by atoms with van der Waals surface area (Å²) in [6, 6.07) is 13.6. The number of aryl methyl sites for hydroxylation is 1. The van der Waals surface area contributed by atoms with Gasteiger partial charge in [-0.05, 0) is 24.3 Å². The molecule has 0 radical (unpaired) electrons. The number of carbonyl (C=O) groups is 1. The lowest BCUT2D eigenvalue weighted by Crippen LogP contribution is -2.13. The van der Waals surface area contributed by atoms with Gasteiger partial charge in [-0.25, -0.2) is 5.43 Å². The highest BCUT2D eigenvalue weighted by Gasteiger charge is 2.26. The summed E-state index contributed by atoms with van der Waals surface area (Å²) in [6.45, 7) is 0.603. The maximum Gasteiger partial charge on any atom is 0.273 e. The van der Waals surface area contributed by atoms with Crippen molar-refractivity contribution < 1.29 is 9.21 Å². The fourth-order valence-corrected chi connectivity index (χ4v) is 2.97. The summed E-state index contributed by atoms with van der Waals surface area (Å²) in [5.41, 5.74) is 5.36. The number of hydrogen-bond acceptors (Lipinski definition) is 4. The summed E-state index contributed by atoms with van der Waals surface area (Å²) in [6.07, 6.45) is 5.75. The first-order valence-electron chi connectivity index (χ1n) is 7.87. The Morgan fingerprint density at radius 2 is 2.16 bits per heavy atom. The lowest BCUT2D eigenvalue weighted by molar-refractivity contribution is -0.116. The Bertz CT molecular complexity index is 1050. The zero-order chi connectivity index (χ0) is 17.2. The van der Waals surface area contributed by atoms with Crippen molar-refractivity contribution >= 4 is 28.6 Å². The van der Waals surface area contributed by atoms with Gasteiger partial charge in [0.15, 0.2) is 5.76 Å².